The second-order valence-electron chi connectivity index (χ2n) is 4.48. The van der Waals surface area contributed by atoms with Crippen molar-refractivity contribution in [1.82, 2.24) is 4.31 Å². The maximum Gasteiger partial charge on any atom is 0.244 e. The maximum absolute atomic E-state index is 13.6. The van der Waals surface area contributed by atoms with Crippen LogP contribution in [0.1, 0.15) is 12.8 Å². The summed E-state index contributed by atoms with van der Waals surface area (Å²) < 4.78 is 39.7. The van der Waals surface area contributed by atoms with Crippen LogP contribution in [0.4, 0.5) is 4.39 Å². The molecule has 4 nitrogen and oxygen atoms in total. The van der Waals surface area contributed by atoms with E-state index >= 15 is 0 Å². The second kappa shape index (κ2) is 5.86. The molecule has 0 bridgehead atoms. The highest BCUT2D eigenvalue weighted by Crippen LogP contribution is 2.32. The van der Waals surface area contributed by atoms with Gasteiger partial charge < -0.3 is 0 Å². The lowest BCUT2D eigenvalue weighted by Crippen LogP contribution is -2.38. The molecule has 1 fully saturated rings. The summed E-state index contributed by atoms with van der Waals surface area (Å²) in [6.45, 7) is 0.447. The Morgan fingerprint density at radius 1 is 1.30 bits per heavy atom. The SMILES string of the molecule is N#CC1CCN(S(=O)(=O)c2ccc(Cl)c(F)c2Cl)CC1. The fraction of sp³-hybridized carbons (Fsp3) is 0.417. The van der Waals surface area contributed by atoms with Crippen molar-refractivity contribution in [3.8, 4) is 6.07 Å². The molecule has 0 radical (unpaired) electrons. The number of benzene rings is 1. The molecule has 1 aromatic rings. The van der Waals surface area contributed by atoms with Gasteiger partial charge in [-0.15, -0.1) is 0 Å². The van der Waals surface area contributed by atoms with Crippen molar-refractivity contribution in [2.24, 2.45) is 5.92 Å². The van der Waals surface area contributed by atoms with Gasteiger partial charge in [0, 0.05) is 19.0 Å². The molecule has 0 amide bonds. The van der Waals surface area contributed by atoms with Crippen LogP contribution in [0.5, 0.6) is 0 Å². The predicted molar refractivity (Wildman–Crippen MR) is 73.5 cm³/mol. The summed E-state index contributed by atoms with van der Waals surface area (Å²) in [5.74, 6) is -1.08. The fourth-order valence-electron chi connectivity index (χ4n) is 2.07. The minimum absolute atomic E-state index is 0.140. The molecule has 1 heterocycles. The molecule has 0 unspecified atom stereocenters. The Bertz CT molecular complexity index is 665. The Labute approximate surface area is 126 Å². The summed E-state index contributed by atoms with van der Waals surface area (Å²) in [5, 5.41) is 8.08. The lowest BCUT2D eigenvalue weighted by atomic mass is 10.0. The van der Waals surface area contributed by atoms with E-state index in [4.69, 9.17) is 28.5 Å². The molecule has 1 aliphatic heterocycles. The van der Waals surface area contributed by atoms with Gasteiger partial charge >= 0.3 is 0 Å². The Balaban J connectivity index is 2.33. The molecular formula is C12H11Cl2FN2O2S. The fourth-order valence-corrected chi connectivity index (χ4v) is 4.26. The first kappa shape index (κ1) is 15.5. The molecule has 2 rings (SSSR count). The molecule has 0 N–H and O–H groups in total. The monoisotopic (exact) mass is 336 g/mol. The molecule has 108 valence electrons. The largest absolute Gasteiger partial charge is 0.244 e. The first-order valence-corrected chi connectivity index (χ1v) is 8.10. The molecular weight excluding hydrogens is 326 g/mol. The third-order valence-electron chi connectivity index (χ3n) is 3.25. The van der Waals surface area contributed by atoms with Crippen LogP contribution in [-0.4, -0.2) is 25.8 Å². The number of sulfonamides is 1. The summed E-state index contributed by atoms with van der Waals surface area (Å²) in [5.41, 5.74) is 0. The van der Waals surface area contributed by atoms with E-state index in [2.05, 4.69) is 6.07 Å². The Morgan fingerprint density at radius 2 is 1.90 bits per heavy atom. The van der Waals surface area contributed by atoms with Gasteiger partial charge in [-0.2, -0.15) is 9.57 Å². The molecule has 0 spiro atoms. The predicted octanol–water partition coefficient (Wildman–Crippen LogP) is 3.06. The van der Waals surface area contributed by atoms with Crippen molar-refractivity contribution < 1.29 is 12.8 Å². The lowest BCUT2D eigenvalue weighted by molar-refractivity contribution is 0.310. The topological polar surface area (TPSA) is 61.2 Å². The number of halogens is 3. The van der Waals surface area contributed by atoms with Gasteiger partial charge in [0.25, 0.3) is 0 Å². The number of nitrogens with zero attached hydrogens (tertiary/aromatic N) is 2. The standard InChI is InChI=1S/C12H11Cl2FN2O2S/c13-9-1-2-10(11(14)12(9)15)20(18,19)17-5-3-8(7-16)4-6-17/h1-2,8H,3-6H2. The van der Waals surface area contributed by atoms with Crippen LogP contribution < -0.4 is 0 Å². The first-order chi connectivity index (χ1) is 9.37. The van der Waals surface area contributed by atoms with Crippen LogP contribution in [0.15, 0.2) is 17.0 Å². The zero-order valence-corrected chi connectivity index (χ0v) is 12.6. The number of hydrogen-bond acceptors (Lipinski definition) is 3. The molecule has 8 heteroatoms. The van der Waals surface area contributed by atoms with E-state index in [-0.39, 0.29) is 28.9 Å². The minimum atomic E-state index is -3.87. The van der Waals surface area contributed by atoms with E-state index in [9.17, 15) is 12.8 Å². The van der Waals surface area contributed by atoms with Crippen LogP contribution in [0.3, 0.4) is 0 Å². The van der Waals surface area contributed by atoms with Gasteiger partial charge in [0.1, 0.15) is 4.90 Å². The van der Waals surface area contributed by atoms with E-state index in [1.165, 1.54) is 10.4 Å². The molecule has 0 saturated carbocycles. The molecule has 0 aliphatic carbocycles. The number of nitriles is 1. The zero-order chi connectivity index (χ0) is 14.9. The van der Waals surface area contributed by atoms with Crippen molar-refractivity contribution in [2.45, 2.75) is 17.7 Å². The van der Waals surface area contributed by atoms with Crippen LogP contribution in [0.25, 0.3) is 0 Å². The highest BCUT2D eigenvalue weighted by Gasteiger charge is 2.32. The highest BCUT2D eigenvalue weighted by atomic mass is 35.5. The molecule has 0 atom stereocenters. The second-order valence-corrected chi connectivity index (χ2v) is 7.17. The molecule has 1 aromatic carbocycles. The average Bonchev–Trinajstić information content (AvgIpc) is 2.44. The molecule has 1 aliphatic rings. The van der Waals surface area contributed by atoms with E-state index in [0.29, 0.717) is 12.8 Å². The Kier molecular flexibility index (Phi) is 4.55. The quantitative estimate of drug-likeness (QED) is 0.779. The van der Waals surface area contributed by atoms with Gasteiger partial charge in [-0.05, 0) is 25.0 Å². The average molecular weight is 337 g/mol. The number of rotatable bonds is 2. The van der Waals surface area contributed by atoms with Gasteiger partial charge in [-0.25, -0.2) is 12.8 Å². The van der Waals surface area contributed by atoms with Gasteiger partial charge in [-0.3, -0.25) is 0 Å². The van der Waals surface area contributed by atoms with E-state index < -0.39 is 20.9 Å². The van der Waals surface area contributed by atoms with Crippen LogP contribution in [-0.2, 0) is 10.0 Å². The van der Waals surface area contributed by atoms with Crippen LogP contribution >= 0.6 is 23.2 Å². The zero-order valence-electron chi connectivity index (χ0n) is 10.3. The van der Waals surface area contributed by atoms with Crippen LogP contribution in [0, 0.1) is 23.1 Å². The maximum atomic E-state index is 13.6. The Morgan fingerprint density at radius 3 is 2.45 bits per heavy atom. The minimum Gasteiger partial charge on any atom is -0.207 e. The number of piperidine rings is 1. The molecule has 20 heavy (non-hydrogen) atoms. The summed E-state index contributed by atoms with van der Waals surface area (Å²) in [4.78, 5) is -0.295. The normalized spacial score (nSPS) is 17.9. The molecule has 1 saturated heterocycles. The summed E-state index contributed by atoms with van der Waals surface area (Å²) in [6, 6.07) is 4.48. The third kappa shape index (κ3) is 2.77. The summed E-state index contributed by atoms with van der Waals surface area (Å²) in [6.07, 6.45) is 0.923. The van der Waals surface area contributed by atoms with Gasteiger partial charge in [0.15, 0.2) is 5.82 Å². The molecule has 0 aromatic heterocycles. The smallest absolute Gasteiger partial charge is 0.207 e. The lowest BCUT2D eigenvalue weighted by Gasteiger charge is -2.28. The van der Waals surface area contributed by atoms with Gasteiger partial charge in [0.05, 0.1) is 16.1 Å². The number of hydrogen-bond donors (Lipinski definition) is 0. The van der Waals surface area contributed by atoms with Crippen molar-refractivity contribution in [2.75, 3.05) is 13.1 Å². The van der Waals surface area contributed by atoms with Crippen LogP contribution in [0.2, 0.25) is 10.0 Å². The summed E-state index contributed by atoms with van der Waals surface area (Å²) >= 11 is 11.3. The van der Waals surface area contributed by atoms with Gasteiger partial charge in [-0.1, -0.05) is 23.2 Å². The summed E-state index contributed by atoms with van der Waals surface area (Å²) in [7, 11) is -3.87. The third-order valence-corrected chi connectivity index (χ3v) is 5.97. The highest BCUT2D eigenvalue weighted by molar-refractivity contribution is 7.89. The van der Waals surface area contributed by atoms with Crippen molar-refractivity contribution >= 4 is 33.2 Å². The first-order valence-electron chi connectivity index (χ1n) is 5.91. The van der Waals surface area contributed by atoms with E-state index in [0.717, 1.165) is 6.07 Å². The van der Waals surface area contributed by atoms with E-state index in [1.807, 2.05) is 0 Å². The van der Waals surface area contributed by atoms with Crippen molar-refractivity contribution in [3.63, 3.8) is 0 Å². The van der Waals surface area contributed by atoms with Gasteiger partial charge in [0.2, 0.25) is 10.0 Å². The van der Waals surface area contributed by atoms with E-state index in [1.54, 1.807) is 0 Å². The van der Waals surface area contributed by atoms with Crippen molar-refractivity contribution in [3.05, 3.63) is 28.0 Å². The Hall–Kier alpha value is -0.870. The van der Waals surface area contributed by atoms with Crippen molar-refractivity contribution in [1.29, 1.82) is 5.26 Å².